The number of nitrogens with two attached hydrogens (primary N) is 1. The van der Waals surface area contributed by atoms with Gasteiger partial charge in [-0.25, -0.2) is 13.2 Å². The van der Waals surface area contributed by atoms with Crippen LogP contribution in [-0.2, 0) is 19.6 Å². The molecule has 0 aliphatic rings. The Balaban J connectivity index is 2.20. The van der Waals surface area contributed by atoms with Crippen LogP contribution in [0.1, 0.15) is 10.4 Å². The van der Waals surface area contributed by atoms with Crippen molar-refractivity contribution < 1.29 is 22.7 Å². The number of esters is 1. The first-order valence-corrected chi connectivity index (χ1v) is 8.36. The molecule has 0 unspecified atom stereocenters. The summed E-state index contributed by atoms with van der Waals surface area (Å²) in [5.41, 5.74) is 5.53. The van der Waals surface area contributed by atoms with E-state index < -0.39 is 28.5 Å². The van der Waals surface area contributed by atoms with Crippen molar-refractivity contribution >= 4 is 27.6 Å². The minimum Gasteiger partial charge on any atom is -0.452 e. The van der Waals surface area contributed by atoms with Crippen LogP contribution in [-0.4, -0.2) is 33.9 Å². The number of primary amides is 1. The summed E-state index contributed by atoms with van der Waals surface area (Å²) in [6, 6.07) is 13.8. The monoisotopic (exact) mass is 348 g/mol. The fourth-order valence-electron chi connectivity index (χ4n) is 1.92. The predicted molar refractivity (Wildman–Crippen MR) is 87.9 cm³/mol. The van der Waals surface area contributed by atoms with Crippen molar-refractivity contribution in [3.8, 4) is 0 Å². The first kappa shape index (κ1) is 17.5. The van der Waals surface area contributed by atoms with Gasteiger partial charge >= 0.3 is 5.97 Å². The number of sulfonamides is 1. The number of para-hydroxylation sites is 1. The van der Waals surface area contributed by atoms with Gasteiger partial charge in [-0.15, -0.1) is 0 Å². The Morgan fingerprint density at radius 3 is 2.17 bits per heavy atom. The highest BCUT2D eigenvalue weighted by Gasteiger charge is 2.21. The third-order valence-corrected chi connectivity index (χ3v) is 5.01. The summed E-state index contributed by atoms with van der Waals surface area (Å²) in [4.78, 5) is 22.3. The molecule has 0 spiro atoms. The van der Waals surface area contributed by atoms with Crippen LogP contribution in [0.25, 0.3) is 0 Å². The first-order valence-electron chi connectivity index (χ1n) is 6.92. The number of hydrogen-bond donors (Lipinski definition) is 1. The van der Waals surface area contributed by atoms with Crippen molar-refractivity contribution in [1.29, 1.82) is 0 Å². The number of nitrogens with zero attached hydrogens (tertiary/aromatic N) is 1. The normalized spacial score (nSPS) is 10.9. The molecule has 126 valence electrons. The van der Waals surface area contributed by atoms with Gasteiger partial charge in [-0.05, 0) is 36.4 Å². The van der Waals surface area contributed by atoms with Crippen LogP contribution in [0.5, 0.6) is 0 Å². The summed E-state index contributed by atoms with van der Waals surface area (Å²) in [5, 5.41) is 0. The molecule has 2 rings (SSSR count). The highest BCUT2D eigenvalue weighted by Crippen LogP contribution is 2.22. The number of anilines is 1. The Morgan fingerprint density at radius 1 is 1.04 bits per heavy atom. The van der Waals surface area contributed by atoms with Gasteiger partial charge in [0.05, 0.1) is 16.1 Å². The van der Waals surface area contributed by atoms with Crippen molar-refractivity contribution in [2.75, 3.05) is 18.0 Å². The van der Waals surface area contributed by atoms with Gasteiger partial charge in [0.1, 0.15) is 0 Å². The zero-order valence-electron chi connectivity index (χ0n) is 12.9. The molecule has 0 heterocycles. The fraction of sp³-hybridized carbons (Fsp3) is 0.125. The maximum absolute atomic E-state index is 12.6. The minimum atomic E-state index is -3.75. The van der Waals surface area contributed by atoms with E-state index in [0.717, 1.165) is 4.31 Å². The largest absolute Gasteiger partial charge is 0.452 e. The lowest BCUT2D eigenvalue weighted by Crippen LogP contribution is -2.26. The molecule has 0 aliphatic carbocycles. The topological polar surface area (TPSA) is 107 Å². The lowest BCUT2D eigenvalue weighted by Gasteiger charge is -2.19. The van der Waals surface area contributed by atoms with E-state index in [1.807, 2.05) is 0 Å². The van der Waals surface area contributed by atoms with Crippen molar-refractivity contribution in [2.24, 2.45) is 5.73 Å². The Bertz CT molecular complexity index is 833. The zero-order valence-corrected chi connectivity index (χ0v) is 13.7. The van der Waals surface area contributed by atoms with E-state index in [0.29, 0.717) is 5.69 Å². The van der Waals surface area contributed by atoms with Gasteiger partial charge in [0.25, 0.3) is 15.9 Å². The average molecular weight is 348 g/mol. The number of carbonyl (C=O) groups excluding carboxylic acids is 2. The van der Waals surface area contributed by atoms with E-state index in [1.165, 1.54) is 31.3 Å². The zero-order chi connectivity index (χ0) is 17.7. The third kappa shape index (κ3) is 3.90. The highest BCUT2D eigenvalue weighted by atomic mass is 32.2. The Morgan fingerprint density at radius 2 is 1.62 bits per heavy atom. The Hall–Kier alpha value is -2.87. The van der Waals surface area contributed by atoms with Gasteiger partial charge in [-0.3, -0.25) is 9.10 Å². The number of amides is 1. The Kier molecular flexibility index (Phi) is 5.20. The molecule has 2 N–H and O–H groups in total. The molecule has 0 bridgehead atoms. The van der Waals surface area contributed by atoms with E-state index in [2.05, 4.69) is 4.74 Å². The number of benzene rings is 2. The number of carbonyl (C=O) groups is 2. The van der Waals surface area contributed by atoms with Crippen molar-refractivity contribution in [3.63, 3.8) is 0 Å². The summed E-state index contributed by atoms with van der Waals surface area (Å²) in [6.45, 7) is -0.532. The molecular weight excluding hydrogens is 332 g/mol. The molecule has 0 saturated carbocycles. The second-order valence-electron chi connectivity index (χ2n) is 4.87. The molecule has 8 heteroatoms. The summed E-state index contributed by atoms with van der Waals surface area (Å²) in [7, 11) is -2.31. The van der Waals surface area contributed by atoms with Crippen LogP contribution >= 0.6 is 0 Å². The van der Waals surface area contributed by atoms with Gasteiger partial charge in [-0.1, -0.05) is 18.2 Å². The third-order valence-electron chi connectivity index (χ3n) is 3.21. The SMILES string of the molecule is CN(c1ccccc1)S(=O)(=O)c1ccc(C(=O)OCC(N)=O)cc1. The molecule has 0 fully saturated rings. The maximum atomic E-state index is 12.6. The molecule has 0 atom stereocenters. The van der Waals surface area contributed by atoms with Crippen LogP contribution in [0.3, 0.4) is 0 Å². The molecule has 7 nitrogen and oxygen atoms in total. The maximum Gasteiger partial charge on any atom is 0.338 e. The van der Waals surface area contributed by atoms with E-state index in [1.54, 1.807) is 30.3 Å². The predicted octanol–water partition coefficient (Wildman–Crippen LogP) is 1.15. The van der Waals surface area contributed by atoms with E-state index in [-0.39, 0.29) is 10.5 Å². The summed E-state index contributed by atoms with van der Waals surface area (Å²) in [5.74, 6) is -1.53. The number of hydrogen-bond acceptors (Lipinski definition) is 5. The standard InChI is InChI=1S/C16H16N2O5S/c1-18(13-5-3-2-4-6-13)24(21,22)14-9-7-12(8-10-14)16(20)23-11-15(17)19/h2-10H,11H2,1H3,(H2,17,19). The van der Waals surface area contributed by atoms with Crippen LogP contribution in [0, 0.1) is 0 Å². The van der Waals surface area contributed by atoms with Gasteiger partial charge < -0.3 is 10.5 Å². The van der Waals surface area contributed by atoms with Gasteiger partial charge in [0.2, 0.25) is 0 Å². The molecule has 0 saturated heterocycles. The van der Waals surface area contributed by atoms with Crippen LogP contribution in [0.4, 0.5) is 5.69 Å². The second kappa shape index (κ2) is 7.14. The fourth-order valence-corrected chi connectivity index (χ4v) is 3.11. The van der Waals surface area contributed by atoms with Crippen molar-refractivity contribution in [3.05, 3.63) is 60.2 Å². The molecule has 0 aliphatic heterocycles. The number of rotatable bonds is 6. The lowest BCUT2D eigenvalue weighted by molar-refractivity contribution is -0.121. The first-order chi connectivity index (χ1) is 11.3. The quantitative estimate of drug-likeness (QED) is 0.788. The summed E-state index contributed by atoms with van der Waals surface area (Å²) in [6.07, 6.45) is 0. The average Bonchev–Trinajstić information content (AvgIpc) is 2.59. The molecule has 2 aromatic carbocycles. The second-order valence-corrected chi connectivity index (χ2v) is 6.84. The van der Waals surface area contributed by atoms with Gasteiger partial charge in [-0.2, -0.15) is 0 Å². The molecule has 1 amide bonds. The van der Waals surface area contributed by atoms with Gasteiger partial charge in [0, 0.05) is 7.05 Å². The molecular formula is C16H16N2O5S. The van der Waals surface area contributed by atoms with E-state index in [9.17, 15) is 18.0 Å². The lowest BCUT2D eigenvalue weighted by atomic mass is 10.2. The van der Waals surface area contributed by atoms with Crippen molar-refractivity contribution in [1.82, 2.24) is 0 Å². The minimum absolute atomic E-state index is 0.0281. The smallest absolute Gasteiger partial charge is 0.338 e. The highest BCUT2D eigenvalue weighted by molar-refractivity contribution is 7.92. The summed E-state index contributed by atoms with van der Waals surface area (Å²) >= 11 is 0. The van der Waals surface area contributed by atoms with Crippen LogP contribution < -0.4 is 10.0 Å². The number of ether oxygens (including phenoxy) is 1. The molecule has 2 aromatic rings. The molecule has 0 aromatic heterocycles. The van der Waals surface area contributed by atoms with Crippen LogP contribution in [0.15, 0.2) is 59.5 Å². The van der Waals surface area contributed by atoms with E-state index in [4.69, 9.17) is 5.73 Å². The van der Waals surface area contributed by atoms with E-state index >= 15 is 0 Å². The Labute approximate surface area is 139 Å². The van der Waals surface area contributed by atoms with Crippen molar-refractivity contribution in [2.45, 2.75) is 4.90 Å². The van der Waals surface area contributed by atoms with Crippen LogP contribution in [0.2, 0.25) is 0 Å². The molecule has 24 heavy (non-hydrogen) atoms. The molecule has 0 radical (unpaired) electrons. The van der Waals surface area contributed by atoms with Gasteiger partial charge in [0.15, 0.2) is 6.61 Å². The summed E-state index contributed by atoms with van der Waals surface area (Å²) < 4.78 is 31.0.